The van der Waals surface area contributed by atoms with Gasteiger partial charge in [-0.25, -0.2) is 9.97 Å². The molecule has 1 saturated carbocycles. The second kappa shape index (κ2) is 8.80. The lowest BCUT2D eigenvalue weighted by molar-refractivity contribution is -0.141. The first kappa shape index (κ1) is 21.5. The molecule has 0 radical (unpaired) electrons. The highest BCUT2D eigenvalue weighted by Crippen LogP contribution is 2.29. The Morgan fingerprint density at radius 2 is 1.81 bits per heavy atom. The summed E-state index contributed by atoms with van der Waals surface area (Å²) >= 11 is 0. The van der Waals surface area contributed by atoms with E-state index in [4.69, 9.17) is 0 Å². The Bertz CT molecular complexity index is 976. The Morgan fingerprint density at radius 1 is 1.10 bits per heavy atom. The Labute approximate surface area is 184 Å². The van der Waals surface area contributed by atoms with Crippen LogP contribution >= 0.6 is 0 Å². The van der Waals surface area contributed by atoms with Crippen molar-refractivity contribution in [3.63, 3.8) is 0 Å². The minimum atomic E-state index is -0.301. The molecule has 2 heterocycles. The van der Waals surface area contributed by atoms with Crippen molar-refractivity contribution in [2.24, 2.45) is 5.41 Å². The quantitative estimate of drug-likeness (QED) is 0.819. The second-order valence-electron chi connectivity index (χ2n) is 9.79. The van der Waals surface area contributed by atoms with E-state index < -0.39 is 0 Å². The molecular weight excluding hydrogens is 388 g/mol. The largest absolute Gasteiger partial charge is 0.367 e. The number of rotatable bonds is 3. The molecule has 1 saturated heterocycles. The third-order valence-electron chi connectivity index (χ3n) is 6.56. The van der Waals surface area contributed by atoms with Gasteiger partial charge >= 0.3 is 0 Å². The zero-order valence-electron chi connectivity index (χ0n) is 18.8. The molecule has 0 atom stereocenters. The minimum Gasteiger partial charge on any atom is -0.367 e. The highest BCUT2D eigenvalue weighted by molar-refractivity contribution is 5.89. The zero-order chi connectivity index (χ0) is 22.0. The van der Waals surface area contributed by atoms with Crippen LogP contribution < -0.4 is 5.32 Å². The van der Waals surface area contributed by atoms with E-state index in [9.17, 15) is 10.1 Å². The van der Waals surface area contributed by atoms with E-state index in [0.29, 0.717) is 17.6 Å². The minimum absolute atomic E-state index is 0.261. The summed E-state index contributed by atoms with van der Waals surface area (Å²) in [6.45, 7) is 9.61. The van der Waals surface area contributed by atoms with Gasteiger partial charge in [-0.3, -0.25) is 9.69 Å². The molecule has 1 aromatic carbocycles. The summed E-state index contributed by atoms with van der Waals surface area (Å²) in [4.78, 5) is 25.9. The first-order valence-corrected chi connectivity index (χ1v) is 11.3. The molecule has 7 nitrogen and oxygen atoms in total. The number of nitriles is 1. The van der Waals surface area contributed by atoms with Crippen LogP contribution in [0.4, 0.5) is 5.82 Å². The fourth-order valence-electron chi connectivity index (χ4n) is 4.78. The number of carbonyl (C=O) groups is 1. The number of piperazine rings is 1. The molecule has 164 valence electrons. The van der Waals surface area contributed by atoms with Crippen molar-refractivity contribution in [3.05, 3.63) is 30.1 Å². The van der Waals surface area contributed by atoms with E-state index in [1.54, 1.807) is 12.4 Å². The molecule has 1 aromatic heterocycles. The number of nitrogens with one attached hydrogen (secondary N) is 1. The first-order valence-electron chi connectivity index (χ1n) is 11.3. The van der Waals surface area contributed by atoms with Gasteiger partial charge in [0.15, 0.2) is 0 Å². The Hall–Kier alpha value is -2.72. The normalized spacial score (nSPS) is 22.8. The number of amides is 1. The molecule has 1 N–H and O–H groups in total. The van der Waals surface area contributed by atoms with Crippen molar-refractivity contribution in [2.75, 3.05) is 31.5 Å². The van der Waals surface area contributed by atoms with E-state index in [1.165, 1.54) is 0 Å². The van der Waals surface area contributed by atoms with Crippen molar-refractivity contribution in [3.8, 4) is 6.07 Å². The number of aromatic nitrogens is 2. The number of anilines is 1. The van der Waals surface area contributed by atoms with Gasteiger partial charge in [0.25, 0.3) is 0 Å². The van der Waals surface area contributed by atoms with Crippen LogP contribution in [0.3, 0.4) is 0 Å². The van der Waals surface area contributed by atoms with Gasteiger partial charge in [-0.05, 0) is 43.9 Å². The molecule has 1 aliphatic carbocycles. The predicted octanol–water partition coefficient (Wildman–Crippen LogP) is 3.41. The van der Waals surface area contributed by atoms with Crippen LogP contribution in [0.5, 0.6) is 0 Å². The van der Waals surface area contributed by atoms with E-state index in [-0.39, 0.29) is 11.3 Å². The number of fused-ring (bicyclic) bond motifs is 1. The van der Waals surface area contributed by atoms with Gasteiger partial charge < -0.3 is 10.2 Å². The van der Waals surface area contributed by atoms with Gasteiger partial charge in [0.2, 0.25) is 5.91 Å². The lowest BCUT2D eigenvalue weighted by Crippen LogP contribution is -2.54. The van der Waals surface area contributed by atoms with Crippen LogP contribution in [0.1, 0.15) is 52.0 Å². The zero-order valence-corrected chi connectivity index (χ0v) is 18.8. The highest BCUT2D eigenvalue weighted by atomic mass is 16.2. The lowest BCUT2D eigenvalue weighted by Gasteiger charge is -2.43. The van der Waals surface area contributed by atoms with Crippen LogP contribution in [-0.4, -0.2) is 63.9 Å². The van der Waals surface area contributed by atoms with Crippen LogP contribution in [0, 0.1) is 16.7 Å². The summed E-state index contributed by atoms with van der Waals surface area (Å²) < 4.78 is 0. The first-order chi connectivity index (χ1) is 14.8. The summed E-state index contributed by atoms with van der Waals surface area (Å²) in [5, 5.41) is 13.7. The molecule has 1 amide bonds. The maximum Gasteiger partial charge on any atom is 0.228 e. The van der Waals surface area contributed by atoms with E-state index in [1.807, 2.05) is 37.8 Å². The molecular formula is C24H32N6O. The molecule has 4 rings (SSSR count). The van der Waals surface area contributed by atoms with Gasteiger partial charge in [-0.1, -0.05) is 20.8 Å². The molecule has 0 spiro atoms. The monoisotopic (exact) mass is 420 g/mol. The summed E-state index contributed by atoms with van der Waals surface area (Å²) in [6, 6.07) is 8.70. The lowest BCUT2D eigenvalue weighted by atomic mass is 9.89. The number of benzene rings is 1. The SMILES string of the molecule is CC(C)(C)C(=O)N1CCN(C2CCC(Nc3ncnc4ccc(C#N)cc34)CC2)CC1. The van der Waals surface area contributed by atoms with Crippen LogP contribution in [-0.2, 0) is 4.79 Å². The average Bonchev–Trinajstić information content (AvgIpc) is 2.78. The summed E-state index contributed by atoms with van der Waals surface area (Å²) in [5.74, 6) is 1.08. The van der Waals surface area contributed by atoms with Gasteiger partial charge in [0.1, 0.15) is 12.1 Å². The molecule has 0 unspecified atom stereocenters. The molecule has 31 heavy (non-hydrogen) atoms. The Morgan fingerprint density at radius 3 is 2.45 bits per heavy atom. The topological polar surface area (TPSA) is 85.2 Å². The van der Waals surface area contributed by atoms with Gasteiger partial charge in [0.05, 0.1) is 17.1 Å². The summed E-state index contributed by atoms with van der Waals surface area (Å²) in [5.41, 5.74) is 1.18. The fourth-order valence-corrected chi connectivity index (χ4v) is 4.78. The van der Waals surface area contributed by atoms with Crippen molar-refractivity contribution < 1.29 is 4.79 Å². The van der Waals surface area contributed by atoms with Crippen LogP contribution in [0.25, 0.3) is 10.9 Å². The third kappa shape index (κ3) is 4.80. The van der Waals surface area contributed by atoms with Crippen molar-refractivity contribution in [2.45, 2.75) is 58.5 Å². The number of carbonyl (C=O) groups excluding carboxylic acids is 1. The van der Waals surface area contributed by atoms with Crippen LogP contribution in [0.2, 0.25) is 0 Å². The number of nitrogens with zero attached hydrogens (tertiary/aromatic N) is 5. The number of hydrogen-bond donors (Lipinski definition) is 1. The Kier molecular flexibility index (Phi) is 6.10. The molecule has 2 fully saturated rings. The second-order valence-corrected chi connectivity index (χ2v) is 9.79. The van der Waals surface area contributed by atoms with E-state index >= 15 is 0 Å². The van der Waals surface area contributed by atoms with E-state index in [2.05, 4.69) is 26.3 Å². The van der Waals surface area contributed by atoms with Crippen molar-refractivity contribution >= 4 is 22.6 Å². The molecule has 1 aliphatic heterocycles. The fraction of sp³-hybridized carbons (Fsp3) is 0.583. The highest BCUT2D eigenvalue weighted by Gasteiger charge is 2.33. The average molecular weight is 421 g/mol. The van der Waals surface area contributed by atoms with Gasteiger partial charge in [0, 0.05) is 49.1 Å². The molecule has 2 aliphatic rings. The van der Waals surface area contributed by atoms with Crippen molar-refractivity contribution in [1.29, 1.82) is 5.26 Å². The predicted molar refractivity (Wildman–Crippen MR) is 122 cm³/mol. The molecule has 0 bridgehead atoms. The van der Waals surface area contributed by atoms with Gasteiger partial charge in [-0.15, -0.1) is 0 Å². The maximum absolute atomic E-state index is 12.5. The van der Waals surface area contributed by atoms with Crippen LogP contribution in [0.15, 0.2) is 24.5 Å². The molecule has 7 heteroatoms. The van der Waals surface area contributed by atoms with Crippen molar-refractivity contribution in [1.82, 2.24) is 19.8 Å². The maximum atomic E-state index is 12.5. The smallest absolute Gasteiger partial charge is 0.228 e. The summed E-state index contributed by atoms with van der Waals surface area (Å²) in [7, 11) is 0. The van der Waals surface area contributed by atoms with E-state index in [0.717, 1.165) is 68.6 Å². The number of hydrogen-bond acceptors (Lipinski definition) is 6. The summed E-state index contributed by atoms with van der Waals surface area (Å²) in [6.07, 6.45) is 6.07. The van der Waals surface area contributed by atoms with Gasteiger partial charge in [-0.2, -0.15) is 5.26 Å². The standard InChI is InChI=1S/C24H32N6O/c1-24(2,3)23(31)30-12-10-29(11-13-30)19-7-5-18(6-8-19)28-22-20-14-17(15-25)4-9-21(20)26-16-27-22/h4,9,14,16,18-19H,5-8,10-13H2,1-3H3,(H,26,27,28). The molecule has 2 aromatic rings. The third-order valence-corrected chi connectivity index (χ3v) is 6.56. The Balaban J connectivity index is 1.32.